The number of benzene rings is 3. The van der Waals surface area contributed by atoms with Gasteiger partial charge in [0.25, 0.3) is 0 Å². The van der Waals surface area contributed by atoms with Crippen LogP contribution in [0.3, 0.4) is 0 Å². The summed E-state index contributed by atoms with van der Waals surface area (Å²) >= 11 is 0. The van der Waals surface area contributed by atoms with Crippen molar-refractivity contribution in [3.63, 3.8) is 0 Å². The molecule has 4 aliphatic rings. The van der Waals surface area contributed by atoms with Crippen molar-refractivity contribution in [3.8, 4) is 22.9 Å². The molecule has 3 aromatic carbocycles. The third-order valence-corrected chi connectivity index (χ3v) is 13.9. The molecule has 0 radical (unpaired) electrons. The minimum Gasteiger partial charge on any atom is -0.486 e. The minimum absolute atomic E-state index is 0. The molecule has 2 saturated heterocycles. The second-order valence-electron chi connectivity index (χ2n) is 16.7. The van der Waals surface area contributed by atoms with Gasteiger partial charge < -0.3 is 24.6 Å². The fraction of sp³-hybridized carbons (Fsp3) is 0.447. The van der Waals surface area contributed by atoms with E-state index in [0.717, 1.165) is 59.2 Å². The lowest BCUT2D eigenvalue weighted by Crippen LogP contribution is -2.49. The van der Waals surface area contributed by atoms with Gasteiger partial charge in [-0.2, -0.15) is 23.9 Å². The van der Waals surface area contributed by atoms with Gasteiger partial charge in [0.2, 0.25) is 21.5 Å². The number of nitrogens with one attached hydrogen (secondary N) is 1. The summed E-state index contributed by atoms with van der Waals surface area (Å²) in [6.45, 7) is 3.27. The van der Waals surface area contributed by atoms with E-state index < -0.39 is 57.8 Å². The van der Waals surface area contributed by atoms with Crippen LogP contribution in [0.1, 0.15) is 33.3 Å². The van der Waals surface area contributed by atoms with E-state index in [-0.39, 0.29) is 107 Å². The van der Waals surface area contributed by atoms with Crippen LogP contribution < -0.4 is 35.7 Å². The van der Waals surface area contributed by atoms with E-state index >= 15 is 0 Å². The van der Waals surface area contributed by atoms with Gasteiger partial charge in [0.1, 0.15) is 34.6 Å². The maximum Gasteiger partial charge on any atom is 0.316 e. The number of anilines is 2. The Hall–Kier alpha value is -5.93. The number of halogens is 6. The summed E-state index contributed by atoms with van der Waals surface area (Å²) in [5.41, 5.74) is 0.139. The highest BCUT2D eigenvalue weighted by atomic mass is 32.2. The highest BCUT2D eigenvalue weighted by molar-refractivity contribution is 7.88. The molecule has 2 aliphatic carbocycles. The maximum absolute atomic E-state index is 13.8. The monoisotopic (exact) mass is 974 g/mol. The van der Waals surface area contributed by atoms with Gasteiger partial charge >= 0.3 is 11.1 Å². The first-order chi connectivity index (χ1) is 31.8. The van der Waals surface area contributed by atoms with Gasteiger partial charge in [0, 0.05) is 64.5 Å². The van der Waals surface area contributed by atoms with Gasteiger partial charge in [-0.1, -0.05) is 45.2 Å². The molecule has 2 aromatic heterocycles. The van der Waals surface area contributed by atoms with Gasteiger partial charge in [-0.05, 0) is 66.3 Å². The van der Waals surface area contributed by atoms with E-state index in [1.165, 1.54) is 16.7 Å². The second-order valence-corrected chi connectivity index (χ2v) is 18.7. The Kier molecular flexibility index (Phi) is 17.0. The normalized spacial score (nSPS) is 20.0. The molecular formula is C47H56F6N8O6S. The van der Waals surface area contributed by atoms with Gasteiger partial charge in [0.15, 0.2) is 0 Å². The second kappa shape index (κ2) is 22.5. The summed E-state index contributed by atoms with van der Waals surface area (Å²) in [6, 6.07) is 14.4. The molecule has 0 unspecified atom stereocenters. The fourth-order valence-electron chi connectivity index (χ4n) is 8.05. The average Bonchev–Trinajstić information content (AvgIpc) is 4.24. The van der Waals surface area contributed by atoms with Gasteiger partial charge in [0.05, 0.1) is 56.1 Å². The number of alkyl halides is 2. The van der Waals surface area contributed by atoms with Crippen molar-refractivity contribution >= 4 is 21.4 Å². The molecular weight excluding hydrogens is 919 g/mol. The Morgan fingerprint density at radius 1 is 0.603 bits per heavy atom. The Morgan fingerprint density at radius 2 is 1.03 bits per heavy atom. The number of rotatable bonds is 15. The lowest BCUT2D eigenvalue weighted by Gasteiger charge is -2.35. The van der Waals surface area contributed by atoms with Gasteiger partial charge in [-0.15, -0.1) is 0 Å². The van der Waals surface area contributed by atoms with Crippen molar-refractivity contribution in [1.82, 2.24) is 29.2 Å². The van der Waals surface area contributed by atoms with Crippen molar-refractivity contribution in [1.29, 1.82) is 0 Å². The predicted molar refractivity (Wildman–Crippen MR) is 247 cm³/mol. The number of hydrogen-bond acceptors (Lipinski definition) is 11. The van der Waals surface area contributed by atoms with Crippen LogP contribution in [-0.4, -0.2) is 111 Å². The predicted octanol–water partition coefficient (Wildman–Crippen LogP) is 6.32. The SMILES string of the molecule is C.C.O=c1c(OC[C@H]2C[C@@H]2CF)c(N2CCN(S(=O)(=O)Cc3ccccc3)CC2)cnn1-c1cc(F)cc(F)c1.O=c1c(OC[C@H]2C[C@@H]2CF)c(N2CCNCC2)cnn1-c1cc(F)cc(F)c1. The smallest absolute Gasteiger partial charge is 0.316 e. The number of nitrogens with zero attached hydrogens (tertiary/aromatic N) is 7. The molecule has 4 atom stereocenters. The van der Waals surface area contributed by atoms with Crippen molar-refractivity contribution in [2.24, 2.45) is 23.7 Å². The van der Waals surface area contributed by atoms with E-state index in [1.54, 1.807) is 29.2 Å². The van der Waals surface area contributed by atoms with Gasteiger partial charge in [-0.25, -0.2) is 26.0 Å². The zero-order valence-electron chi connectivity index (χ0n) is 35.7. The number of hydrogen-bond donors (Lipinski definition) is 1. The third-order valence-electron chi connectivity index (χ3n) is 12.1. The number of ether oxygens (including phenoxy) is 2. The van der Waals surface area contributed by atoms with Crippen LogP contribution in [0.5, 0.6) is 11.5 Å². The van der Waals surface area contributed by atoms with Crippen LogP contribution in [0.2, 0.25) is 0 Å². The van der Waals surface area contributed by atoms with E-state index in [1.807, 2.05) is 11.0 Å². The molecule has 5 aromatic rings. The maximum atomic E-state index is 13.8. The Morgan fingerprint density at radius 3 is 1.44 bits per heavy atom. The molecule has 21 heteroatoms. The first-order valence-electron chi connectivity index (χ1n) is 21.6. The highest BCUT2D eigenvalue weighted by Crippen LogP contribution is 2.40. The summed E-state index contributed by atoms with van der Waals surface area (Å²) < 4.78 is 121. The molecule has 0 amide bonds. The number of piperazine rings is 2. The molecule has 1 N–H and O–H groups in total. The Labute approximate surface area is 391 Å². The number of sulfonamides is 1. The van der Waals surface area contributed by atoms with E-state index in [9.17, 15) is 44.3 Å². The molecule has 14 nitrogen and oxygen atoms in total. The zero-order valence-corrected chi connectivity index (χ0v) is 36.5. The van der Waals surface area contributed by atoms with Crippen LogP contribution in [0.4, 0.5) is 37.7 Å². The average molecular weight is 975 g/mol. The van der Waals surface area contributed by atoms with Crippen LogP contribution in [0.25, 0.3) is 11.4 Å². The molecule has 0 bridgehead atoms. The molecule has 0 spiro atoms. The fourth-order valence-corrected chi connectivity index (χ4v) is 9.56. The number of aromatic nitrogens is 4. The third kappa shape index (κ3) is 12.2. The zero-order chi connectivity index (χ0) is 46.5. The molecule has 4 heterocycles. The summed E-state index contributed by atoms with van der Waals surface area (Å²) in [6.07, 6.45) is 4.23. The van der Waals surface area contributed by atoms with Gasteiger partial charge in [-0.3, -0.25) is 18.4 Å². The highest BCUT2D eigenvalue weighted by Gasteiger charge is 2.39. The van der Waals surface area contributed by atoms with Crippen molar-refractivity contribution in [2.75, 3.05) is 88.7 Å². The first-order valence-corrected chi connectivity index (χ1v) is 23.2. The molecule has 4 fully saturated rings. The summed E-state index contributed by atoms with van der Waals surface area (Å²) in [7, 11) is -3.55. The Bertz CT molecular complexity index is 2700. The first kappa shape index (κ1) is 51.5. The largest absolute Gasteiger partial charge is 0.486 e. The quantitative estimate of drug-likeness (QED) is 0.118. The standard InChI is InChI=1S/C26H27F3N4O4S.C19H21F3N4O2.2CH4/c27-14-19-10-20(19)16-37-25-24(15-30-33(26(25)34)23-12-21(28)11-22(29)13-23)31-6-8-32(9-7-31)38(35,36)17-18-4-2-1-3-5-18;20-9-12-5-13(12)11-28-18-17(25-3-1-23-2-4-25)10-24-26(19(18)27)16-7-14(21)6-15(22)8-16;;/h1-5,11-13,15,19-20H,6-10,14,16-17H2;6-8,10,12-13,23H,1-5,9,11H2;2*1H4/t19-,20-;12-,13-;;/m11../s1. The van der Waals surface area contributed by atoms with Crippen LogP contribution in [-0.2, 0) is 15.8 Å². The summed E-state index contributed by atoms with van der Waals surface area (Å²) in [5.74, 6) is -3.53. The summed E-state index contributed by atoms with van der Waals surface area (Å²) in [5, 5.41) is 11.5. The summed E-state index contributed by atoms with van der Waals surface area (Å²) in [4.78, 5) is 30.2. The topological polar surface area (TPSA) is 144 Å². The molecule has 68 heavy (non-hydrogen) atoms. The Balaban J connectivity index is 0.000000227. The molecule has 2 saturated carbocycles. The minimum atomic E-state index is -3.55. The van der Waals surface area contributed by atoms with Crippen LogP contribution in [0.15, 0.2) is 88.7 Å². The van der Waals surface area contributed by atoms with Crippen molar-refractivity contribution < 1.29 is 44.2 Å². The van der Waals surface area contributed by atoms with Crippen LogP contribution in [0, 0.1) is 46.9 Å². The van der Waals surface area contributed by atoms with Crippen molar-refractivity contribution in [3.05, 3.63) is 129 Å². The lowest BCUT2D eigenvalue weighted by molar-refractivity contribution is 0.278. The molecule has 9 rings (SSSR count). The van der Waals surface area contributed by atoms with Crippen LogP contribution >= 0.6 is 0 Å². The van der Waals surface area contributed by atoms with E-state index in [4.69, 9.17) is 9.47 Å². The lowest BCUT2D eigenvalue weighted by atomic mass is 10.2. The molecule has 368 valence electrons. The van der Waals surface area contributed by atoms with E-state index in [0.29, 0.717) is 42.5 Å². The molecule has 2 aliphatic heterocycles. The van der Waals surface area contributed by atoms with E-state index in [2.05, 4.69) is 15.5 Å². The van der Waals surface area contributed by atoms with Crippen molar-refractivity contribution in [2.45, 2.75) is 33.4 Å².